The molecule has 2 N–H and O–H groups in total. The number of rotatable bonds is 6. The van der Waals surface area contributed by atoms with Gasteiger partial charge in [0.1, 0.15) is 11.6 Å². The molecule has 3 unspecified atom stereocenters. The molecule has 0 radical (unpaired) electrons. The fourth-order valence-electron chi connectivity index (χ4n) is 2.53. The molecule has 0 saturated heterocycles. The molecule has 1 aliphatic carbocycles. The van der Waals surface area contributed by atoms with Gasteiger partial charge in [0.25, 0.3) is 0 Å². The summed E-state index contributed by atoms with van der Waals surface area (Å²) in [5.74, 6) is -0.466. The molecule has 1 aromatic carbocycles. The Kier molecular flexibility index (Phi) is 5.71. The Morgan fingerprint density at radius 2 is 2.09 bits per heavy atom. The molecule has 22 heavy (non-hydrogen) atoms. The van der Waals surface area contributed by atoms with Crippen LogP contribution in [0, 0.1) is 11.6 Å². The van der Waals surface area contributed by atoms with Crippen LogP contribution in [0.5, 0.6) is 0 Å². The second-order valence-corrected chi connectivity index (χ2v) is 5.55. The van der Waals surface area contributed by atoms with Crippen LogP contribution in [-0.4, -0.2) is 38.3 Å². The Labute approximate surface area is 130 Å². The summed E-state index contributed by atoms with van der Waals surface area (Å²) in [7, 11) is 1.64. The summed E-state index contributed by atoms with van der Waals surface area (Å²) in [6, 6.07) is 4.09. The van der Waals surface area contributed by atoms with E-state index < -0.39 is 11.6 Å². The van der Waals surface area contributed by atoms with Gasteiger partial charge < -0.3 is 15.4 Å². The van der Waals surface area contributed by atoms with Gasteiger partial charge in [0.15, 0.2) is 5.96 Å². The second kappa shape index (κ2) is 7.54. The first kappa shape index (κ1) is 16.7. The van der Waals surface area contributed by atoms with Gasteiger partial charge in [-0.05, 0) is 32.4 Å². The van der Waals surface area contributed by atoms with Gasteiger partial charge in [0.2, 0.25) is 0 Å². The number of hydrogen-bond acceptors (Lipinski definition) is 2. The van der Waals surface area contributed by atoms with Crippen LogP contribution in [0.25, 0.3) is 0 Å². The summed E-state index contributed by atoms with van der Waals surface area (Å²) in [6.07, 6.45) is 0.695. The van der Waals surface area contributed by atoms with Gasteiger partial charge >= 0.3 is 0 Å². The second-order valence-electron chi connectivity index (χ2n) is 5.55. The zero-order chi connectivity index (χ0) is 16.1. The molecule has 1 fully saturated rings. The number of nitrogens with zero attached hydrogens (tertiary/aromatic N) is 1. The number of methoxy groups -OCH3 is 1. The highest BCUT2D eigenvalue weighted by Crippen LogP contribution is 2.43. The van der Waals surface area contributed by atoms with Crippen LogP contribution >= 0.6 is 0 Å². The van der Waals surface area contributed by atoms with Gasteiger partial charge in [-0.1, -0.05) is 6.07 Å². The summed E-state index contributed by atoms with van der Waals surface area (Å²) in [5.41, 5.74) is 0.167. The maximum absolute atomic E-state index is 13.8. The van der Waals surface area contributed by atoms with E-state index in [1.165, 1.54) is 18.2 Å². The zero-order valence-corrected chi connectivity index (χ0v) is 13.2. The third kappa shape index (κ3) is 4.16. The normalized spacial score (nSPS) is 22.3. The summed E-state index contributed by atoms with van der Waals surface area (Å²) in [5, 5.41) is 6.45. The lowest BCUT2D eigenvalue weighted by Crippen LogP contribution is -2.45. The van der Waals surface area contributed by atoms with Gasteiger partial charge in [-0.15, -0.1) is 0 Å². The van der Waals surface area contributed by atoms with Crippen molar-refractivity contribution in [1.29, 1.82) is 0 Å². The molecule has 0 heterocycles. The Morgan fingerprint density at radius 3 is 2.68 bits per heavy atom. The number of ether oxygens (including phenoxy) is 1. The zero-order valence-electron chi connectivity index (χ0n) is 13.2. The topological polar surface area (TPSA) is 45.7 Å². The first-order valence-corrected chi connectivity index (χ1v) is 7.57. The maximum Gasteiger partial charge on any atom is 0.191 e. The first-order chi connectivity index (χ1) is 10.6. The van der Waals surface area contributed by atoms with Gasteiger partial charge in [-0.25, -0.2) is 8.78 Å². The lowest BCUT2D eigenvalue weighted by molar-refractivity contribution is 0.179. The molecular weight excluding hydrogens is 288 g/mol. The Morgan fingerprint density at radius 1 is 1.41 bits per heavy atom. The Bertz CT molecular complexity index is 516. The van der Waals surface area contributed by atoms with E-state index in [4.69, 9.17) is 4.74 Å². The van der Waals surface area contributed by atoms with Crippen molar-refractivity contribution >= 4 is 5.96 Å². The molecule has 1 aromatic rings. The summed E-state index contributed by atoms with van der Waals surface area (Å²) in [6.45, 7) is 5.10. The van der Waals surface area contributed by atoms with E-state index in [-0.39, 0.29) is 23.6 Å². The SMILES string of the molecule is CCN=C(NC(C)COC)NC1CC1c1c(F)cccc1F. The van der Waals surface area contributed by atoms with Crippen LogP contribution in [0.2, 0.25) is 0 Å². The minimum atomic E-state index is -0.482. The number of guanidine groups is 1. The van der Waals surface area contributed by atoms with Crippen molar-refractivity contribution in [1.82, 2.24) is 10.6 Å². The highest BCUT2D eigenvalue weighted by Gasteiger charge is 2.42. The fourth-order valence-corrected chi connectivity index (χ4v) is 2.53. The highest BCUT2D eigenvalue weighted by molar-refractivity contribution is 5.81. The minimum absolute atomic E-state index is 0.000977. The van der Waals surface area contributed by atoms with Crippen LogP contribution in [0.3, 0.4) is 0 Å². The van der Waals surface area contributed by atoms with E-state index in [1.54, 1.807) is 7.11 Å². The van der Waals surface area contributed by atoms with Gasteiger partial charge in [-0.2, -0.15) is 0 Å². The van der Waals surface area contributed by atoms with Crippen LogP contribution < -0.4 is 10.6 Å². The number of halogens is 2. The van der Waals surface area contributed by atoms with Crippen molar-refractivity contribution in [2.75, 3.05) is 20.3 Å². The van der Waals surface area contributed by atoms with Crippen molar-refractivity contribution in [2.45, 2.75) is 38.3 Å². The van der Waals surface area contributed by atoms with E-state index in [0.717, 1.165) is 0 Å². The lowest BCUT2D eigenvalue weighted by Gasteiger charge is -2.17. The van der Waals surface area contributed by atoms with Gasteiger partial charge in [0.05, 0.1) is 6.61 Å². The van der Waals surface area contributed by atoms with Crippen molar-refractivity contribution in [3.63, 3.8) is 0 Å². The fraction of sp³-hybridized carbons (Fsp3) is 0.562. The number of nitrogens with one attached hydrogen (secondary N) is 2. The molecular formula is C16H23F2N3O. The van der Waals surface area contributed by atoms with Crippen LogP contribution in [0.15, 0.2) is 23.2 Å². The monoisotopic (exact) mass is 311 g/mol. The quantitative estimate of drug-likeness (QED) is 0.626. The molecule has 122 valence electrons. The smallest absolute Gasteiger partial charge is 0.191 e. The van der Waals surface area contributed by atoms with Crippen molar-refractivity contribution in [3.8, 4) is 0 Å². The van der Waals surface area contributed by atoms with Gasteiger partial charge in [-0.3, -0.25) is 4.99 Å². The molecule has 0 amide bonds. The first-order valence-electron chi connectivity index (χ1n) is 7.57. The van der Waals surface area contributed by atoms with Crippen molar-refractivity contribution in [3.05, 3.63) is 35.4 Å². The lowest BCUT2D eigenvalue weighted by atomic mass is 10.1. The Balaban J connectivity index is 1.98. The van der Waals surface area contributed by atoms with E-state index in [9.17, 15) is 8.78 Å². The minimum Gasteiger partial charge on any atom is -0.383 e. The molecule has 0 aliphatic heterocycles. The summed E-state index contributed by atoms with van der Waals surface area (Å²) >= 11 is 0. The molecule has 3 atom stereocenters. The number of aliphatic imine (C=N–C) groups is 1. The number of benzene rings is 1. The molecule has 1 saturated carbocycles. The maximum atomic E-state index is 13.8. The average molecular weight is 311 g/mol. The highest BCUT2D eigenvalue weighted by atomic mass is 19.1. The molecule has 6 heteroatoms. The summed E-state index contributed by atoms with van der Waals surface area (Å²) < 4.78 is 32.6. The molecule has 1 aliphatic rings. The van der Waals surface area contributed by atoms with Gasteiger partial charge in [0, 0.05) is 37.2 Å². The average Bonchev–Trinajstić information content (AvgIpc) is 3.18. The molecule has 0 spiro atoms. The standard InChI is InChI=1S/C16H23F2N3O/c1-4-19-16(20-10(2)9-22-3)21-14-8-11(14)15-12(17)6-5-7-13(15)18/h5-7,10-11,14H,4,8-9H2,1-3H3,(H2,19,20,21). The van der Waals surface area contributed by atoms with Crippen LogP contribution in [-0.2, 0) is 4.74 Å². The van der Waals surface area contributed by atoms with Crippen LogP contribution in [0.4, 0.5) is 8.78 Å². The predicted octanol–water partition coefficient (Wildman–Crippen LogP) is 2.41. The van der Waals surface area contributed by atoms with E-state index in [0.29, 0.717) is 25.5 Å². The van der Waals surface area contributed by atoms with E-state index >= 15 is 0 Å². The Hall–Kier alpha value is -1.69. The summed E-state index contributed by atoms with van der Waals surface area (Å²) in [4.78, 5) is 4.35. The third-order valence-corrected chi connectivity index (χ3v) is 3.60. The van der Waals surface area contributed by atoms with Crippen LogP contribution in [0.1, 0.15) is 31.7 Å². The molecule has 4 nitrogen and oxygen atoms in total. The van der Waals surface area contributed by atoms with Crippen molar-refractivity contribution in [2.24, 2.45) is 4.99 Å². The van der Waals surface area contributed by atoms with E-state index in [2.05, 4.69) is 15.6 Å². The van der Waals surface area contributed by atoms with E-state index in [1.807, 2.05) is 13.8 Å². The number of hydrogen-bond donors (Lipinski definition) is 2. The van der Waals surface area contributed by atoms with Crippen molar-refractivity contribution < 1.29 is 13.5 Å². The molecule has 0 bridgehead atoms. The molecule has 0 aromatic heterocycles. The molecule has 2 rings (SSSR count). The predicted molar refractivity (Wildman–Crippen MR) is 83.1 cm³/mol. The largest absolute Gasteiger partial charge is 0.383 e. The third-order valence-electron chi connectivity index (χ3n) is 3.60.